The molecule has 370 valence electrons. The highest BCUT2D eigenvalue weighted by Gasteiger charge is 2.65. The van der Waals surface area contributed by atoms with Crippen molar-refractivity contribution in [2.24, 2.45) is 0 Å². The van der Waals surface area contributed by atoms with Crippen LogP contribution in [0.2, 0.25) is 0 Å². The van der Waals surface area contributed by atoms with Crippen molar-refractivity contribution in [3.8, 4) is 0 Å². The number of carboxylic acid groups (broad SMARTS) is 2. The minimum atomic E-state index is -1.01. The molecule has 0 saturated carbocycles. The van der Waals surface area contributed by atoms with Crippen LogP contribution < -0.4 is 21.3 Å². The van der Waals surface area contributed by atoms with Crippen LogP contribution >= 0.6 is 23.5 Å². The number of carbonyl (C=O) groups excluding carboxylic acids is 4. The van der Waals surface area contributed by atoms with Crippen LogP contribution in [0.3, 0.4) is 0 Å². The number of thioether (sulfide) groups is 2. The largest absolute Gasteiger partial charge is 0.480 e. The first kappa shape index (κ1) is 58.3. The Balaban J connectivity index is 0.000000343. The van der Waals surface area contributed by atoms with E-state index < -0.39 is 45.6 Å². The number of hydrogen-bond donors (Lipinski definition) is 6. The third-order valence-electron chi connectivity index (χ3n) is 11.2. The summed E-state index contributed by atoms with van der Waals surface area (Å²) in [5.74, 6) is -3.11. The highest BCUT2D eigenvalue weighted by atomic mass is 32.2. The van der Waals surface area contributed by atoms with Crippen LogP contribution in [-0.2, 0) is 54.7 Å². The molecule has 8 rings (SSSR count). The number of benzene rings is 4. The van der Waals surface area contributed by atoms with Crippen molar-refractivity contribution in [2.75, 3.05) is 13.1 Å². The molecule has 0 spiro atoms. The summed E-state index contributed by atoms with van der Waals surface area (Å²) in [6.45, 7) is 11.1. The first-order valence-corrected chi connectivity index (χ1v) is 22.9. The maximum absolute atomic E-state index is 12.3. The second kappa shape index (κ2) is 26.1. The molecule has 0 aliphatic carbocycles. The molecular weight excluding hydrogens is 917 g/mol. The molecule has 4 aliphatic rings. The molecule has 4 saturated heterocycles. The van der Waals surface area contributed by atoms with Crippen molar-refractivity contribution in [1.82, 2.24) is 31.1 Å². The van der Waals surface area contributed by atoms with Gasteiger partial charge in [-0.3, -0.25) is 19.2 Å². The lowest BCUT2D eigenvalue weighted by Gasteiger charge is -2.43. The first-order valence-electron chi connectivity index (χ1n) is 21.2. The zero-order valence-electron chi connectivity index (χ0n) is 38.3. The molecule has 0 radical (unpaired) electrons. The Morgan fingerprint density at radius 1 is 0.500 bits per heavy atom. The Morgan fingerprint density at radius 3 is 1.06 bits per heavy atom. The molecular formula is C48H64N6O12S2. The number of β-lactam (4-membered cyclic amide) rings is 2. The topological polar surface area (TPSA) is 323 Å². The molecule has 18 nitrogen and oxygen atoms in total. The van der Waals surface area contributed by atoms with Crippen LogP contribution in [-0.4, -0.2) is 135 Å². The summed E-state index contributed by atoms with van der Waals surface area (Å²) in [6.07, 6.45) is 0.404. The summed E-state index contributed by atoms with van der Waals surface area (Å²) < 4.78 is -1.16. The fourth-order valence-corrected chi connectivity index (χ4v) is 11.4. The van der Waals surface area contributed by atoms with Gasteiger partial charge in [-0.05, 0) is 49.9 Å². The molecule has 0 unspecified atom stereocenters. The van der Waals surface area contributed by atoms with Gasteiger partial charge in [0.1, 0.15) is 34.9 Å². The summed E-state index contributed by atoms with van der Waals surface area (Å²) >= 11 is 2.85. The lowest BCUT2D eigenvalue weighted by Crippen LogP contribution is -2.70. The predicted molar refractivity (Wildman–Crippen MR) is 262 cm³/mol. The van der Waals surface area contributed by atoms with E-state index in [2.05, 4.69) is 69.8 Å². The van der Waals surface area contributed by atoms with E-state index in [-0.39, 0.29) is 69.1 Å². The first-order chi connectivity index (χ1) is 30.6. The average Bonchev–Trinajstić information content (AvgIpc) is 3.69. The van der Waals surface area contributed by atoms with Gasteiger partial charge in [-0.15, -0.1) is 23.5 Å². The maximum atomic E-state index is 12.3. The van der Waals surface area contributed by atoms with Crippen molar-refractivity contribution in [3.05, 3.63) is 144 Å². The third-order valence-corrected chi connectivity index (χ3v) is 14.4. The minimum absolute atomic E-state index is 0. The minimum Gasteiger partial charge on any atom is -0.480 e. The van der Waals surface area contributed by atoms with Gasteiger partial charge in [0.05, 0.1) is 12.8 Å². The van der Waals surface area contributed by atoms with Crippen LogP contribution in [0.15, 0.2) is 121 Å². The van der Waals surface area contributed by atoms with Gasteiger partial charge in [0.2, 0.25) is 23.6 Å². The standard InChI is InChI=1S/2C16H18N2O4S.C16H20N2.4H2O/c2*1-16(2)12(15(21)22)18-13(20)11(14(18)23-16)17-10(19)8-9-6-4-3-5-7-9;1-3-7-15(8-4-1)13-17-11-12-18-14-16-9-5-2-6-10-16;;;;/h2*3-7,11-12,14H,8H2,1-2H3,(H,17,19)(H,21,22);1-10,17-18H,11-14H2;4*1H2/t2*11-,12-,14+;;;;;/m11...../s1. The average molecular weight is 981 g/mol. The summed E-state index contributed by atoms with van der Waals surface area (Å²) in [6, 6.07) is 36.5. The Bertz CT molecular complexity index is 2110. The zero-order chi connectivity index (χ0) is 46.0. The molecule has 14 N–H and O–H groups in total. The predicted octanol–water partition coefficient (Wildman–Crippen LogP) is 0.989. The summed E-state index contributed by atoms with van der Waals surface area (Å²) in [5, 5.41) is 30.4. The van der Waals surface area contributed by atoms with Crippen molar-refractivity contribution >= 4 is 59.1 Å². The van der Waals surface area contributed by atoms with Gasteiger partial charge in [0.25, 0.3) is 0 Å². The zero-order valence-corrected chi connectivity index (χ0v) is 39.9. The van der Waals surface area contributed by atoms with Crippen LogP contribution in [0.25, 0.3) is 0 Å². The number of nitrogens with one attached hydrogen (secondary N) is 4. The van der Waals surface area contributed by atoms with E-state index in [1.165, 1.54) is 44.5 Å². The molecule has 68 heavy (non-hydrogen) atoms. The van der Waals surface area contributed by atoms with E-state index >= 15 is 0 Å². The fourth-order valence-electron chi connectivity index (χ4n) is 8.14. The highest BCUT2D eigenvalue weighted by molar-refractivity contribution is 8.02. The van der Waals surface area contributed by atoms with Crippen LogP contribution in [0.1, 0.15) is 49.9 Å². The molecule has 20 heteroatoms. The van der Waals surface area contributed by atoms with Crippen molar-refractivity contribution in [3.63, 3.8) is 0 Å². The summed E-state index contributed by atoms with van der Waals surface area (Å²) in [4.78, 5) is 74.4. The maximum Gasteiger partial charge on any atom is 0.327 e. The van der Waals surface area contributed by atoms with Gasteiger partial charge in [0.15, 0.2) is 0 Å². The van der Waals surface area contributed by atoms with E-state index in [4.69, 9.17) is 0 Å². The number of hydrogen-bond acceptors (Lipinski definition) is 10. The SMILES string of the molecule is CC1(C)S[C@H]2[C@H](NC(=O)Cc3ccccc3)C(=O)N2[C@@H]1C(=O)O.CC1(C)S[C@H]2[C@H](NC(=O)Cc3ccccc3)C(=O)N2[C@@H]1C(=O)O.O.O.O.O.c1ccc(CNCCNCc2ccccc2)cc1. The Hall–Kier alpha value is -5.84. The van der Waals surface area contributed by atoms with Gasteiger partial charge in [0, 0.05) is 35.7 Å². The summed E-state index contributed by atoms with van der Waals surface area (Å²) in [7, 11) is 0. The molecule has 4 amide bonds. The van der Waals surface area contributed by atoms with E-state index in [1.54, 1.807) is 0 Å². The van der Waals surface area contributed by atoms with Gasteiger partial charge < -0.3 is 63.2 Å². The smallest absolute Gasteiger partial charge is 0.327 e. The number of carbonyl (C=O) groups is 6. The van der Waals surface area contributed by atoms with Crippen LogP contribution in [0.5, 0.6) is 0 Å². The van der Waals surface area contributed by atoms with E-state index in [0.717, 1.165) is 37.3 Å². The highest BCUT2D eigenvalue weighted by Crippen LogP contribution is 2.51. The molecule has 4 fully saturated rings. The number of carboxylic acids is 2. The Kier molecular flexibility index (Phi) is 22.3. The molecule has 4 aromatic carbocycles. The molecule has 4 aliphatic heterocycles. The van der Waals surface area contributed by atoms with E-state index in [9.17, 15) is 39.0 Å². The monoisotopic (exact) mass is 980 g/mol. The molecule has 0 aromatic heterocycles. The number of nitrogens with zero attached hydrogens (tertiary/aromatic N) is 2. The van der Waals surface area contributed by atoms with Gasteiger partial charge in [-0.1, -0.05) is 121 Å². The lowest BCUT2D eigenvalue weighted by atomic mass is 9.96. The summed E-state index contributed by atoms with van der Waals surface area (Å²) in [5.41, 5.74) is 4.41. The number of rotatable bonds is 15. The Labute approximate surface area is 404 Å². The van der Waals surface area contributed by atoms with Gasteiger partial charge in [-0.2, -0.15) is 0 Å². The fraction of sp³-hybridized carbons (Fsp3) is 0.375. The molecule has 4 heterocycles. The molecule has 4 aromatic rings. The second-order valence-corrected chi connectivity index (χ2v) is 20.5. The van der Waals surface area contributed by atoms with E-state index in [1.807, 2.05) is 100 Å². The van der Waals surface area contributed by atoms with Crippen LogP contribution in [0.4, 0.5) is 0 Å². The van der Waals surface area contributed by atoms with Crippen molar-refractivity contribution in [1.29, 1.82) is 0 Å². The van der Waals surface area contributed by atoms with Crippen molar-refractivity contribution in [2.45, 2.75) is 98.0 Å². The lowest BCUT2D eigenvalue weighted by molar-refractivity contribution is -0.161. The third kappa shape index (κ3) is 14.3. The van der Waals surface area contributed by atoms with Crippen molar-refractivity contribution < 1.29 is 60.9 Å². The van der Waals surface area contributed by atoms with E-state index in [0.29, 0.717) is 0 Å². The molecule has 0 bridgehead atoms. The quantitative estimate of drug-likeness (QED) is 0.0718. The number of amides is 4. The number of fused-ring (bicyclic) bond motifs is 2. The van der Waals surface area contributed by atoms with Crippen LogP contribution in [0, 0.1) is 0 Å². The Morgan fingerprint density at radius 2 is 0.779 bits per heavy atom. The van der Waals surface area contributed by atoms with Gasteiger partial charge >= 0.3 is 11.9 Å². The second-order valence-electron chi connectivity index (χ2n) is 16.9. The normalized spacial score (nSPS) is 21.7. The van der Waals surface area contributed by atoms with Gasteiger partial charge in [-0.25, -0.2) is 9.59 Å². The number of aliphatic carboxylic acids is 2. The molecule has 6 atom stereocenters.